The minimum absolute atomic E-state index is 0.202. The molecule has 3 N–H and O–H groups in total. The van der Waals surface area contributed by atoms with Gasteiger partial charge in [0.1, 0.15) is 6.04 Å². The van der Waals surface area contributed by atoms with Crippen molar-refractivity contribution in [3.63, 3.8) is 0 Å². The van der Waals surface area contributed by atoms with Gasteiger partial charge in [0, 0.05) is 6.54 Å². The van der Waals surface area contributed by atoms with E-state index in [4.69, 9.17) is 5.11 Å². The zero-order chi connectivity index (χ0) is 15.1. The monoisotopic (exact) mass is 278 g/mol. The van der Waals surface area contributed by atoms with Crippen LogP contribution in [0, 0.1) is 12.8 Å². The van der Waals surface area contributed by atoms with E-state index in [0.29, 0.717) is 13.0 Å². The van der Waals surface area contributed by atoms with Crippen LogP contribution in [0.15, 0.2) is 24.3 Å². The average molecular weight is 278 g/mol. The van der Waals surface area contributed by atoms with Crippen LogP contribution in [0.2, 0.25) is 0 Å². The number of rotatable bonds is 6. The van der Waals surface area contributed by atoms with Gasteiger partial charge < -0.3 is 15.7 Å². The number of carbonyl (C=O) groups is 2. The maximum absolute atomic E-state index is 11.7. The molecule has 5 nitrogen and oxygen atoms in total. The number of hydrogen-bond acceptors (Lipinski definition) is 2. The van der Waals surface area contributed by atoms with Crippen LogP contribution in [-0.2, 0) is 11.3 Å². The van der Waals surface area contributed by atoms with Gasteiger partial charge in [-0.3, -0.25) is 0 Å². The first-order chi connectivity index (χ1) is 9.38. The van der Waals surface area contributed by atoms with E-state index in [-0.39, 0.29) is 5.92 Å². The molecule has 1 rings (SSSR count). The SMILES string of the molecule is Cc1ccc(CNC(=O)N[C@H](CC(C)C)C(=O)O)cc1. The van der Waals surface area contributed by atoms with Crippen LogP contribution >= 0.6 is 0 Å². The fourth-order valence-corrected chi connectivity index (χ4v) is 1.79. The molecule has 0 aromatic heterocycles. The number of nitrogens with one attached hydrogen (secondary N) is 2. The van der Waals surface area contributed by atoms with Gasteiger partial charge >= 0.3 is 12.0 Å². The summed E-state index contributed by atoms with van der Waals surface area (Å²) in [5.74, 6) is -0.808. The standard InChI is InChI=1S/C15H22N2O3/c1-10(2)8-13(14(18)19)17-15(20)16-9-12-6-4-11(3)5-7-12/h4-7,10,13H,8-9H2,1-3H3,(H,18,19)(H2,16,17,20)/t13-/m1/s1. The third kappa shape index (κ3) is 5.73. The summed E-state index contributed by atoms with van der Waals surface area (Å²) in [4.78, 5) is 22.7. The number of carbonyl (C=O) groups excluding carboxylic acids is 1. The maximum Gasteiger partial charge on any atom is 0.326 e. The first-order valence-electron chi connectivity index (χ1n) is 6.71. The van der Waals surface area contributed by atoms with Crippen LogP contribution in [0.5, 0.6) is 0 Å². The summed E-state index contributed by atoms with van der Waals surface area (Å²) in [6.07, 6.45) is 0.410. The van der Waals surface area contributed by atoms with Crippen molar-refractivity contribution in [1.29, 1.82) is 0 Å². The molecule has 0 aliphatic carbocycles. The second kappa shape index (κ2) is 7.53. The lowest BCUT2D eigenvalue weighted by atomic mass is 10.0. The molecule has 1 atom stereocenters. The van der Waals surface area contributed by atoms with Crippen LogP contribution in [-0.4, -0.2) is 23.1 Å². The molecule has 0 unspecified atom stereocenters. The quantitative estimate of drug-likeness (QED) is 0.747. The fraction of sp³-hybridized carbons (Fsp3) is 0.467. The highest BCUT2D eigenvalue weighted by Gasteiger charge is 2.20. The third-order valence-electron chi connectivity index (χ3n) is 2.88. The topological polar surface area (TPSA) is 78.4 Å². The molecule has 110 valence electrons. The van der Waals surface area contributed by atoms with Crippen molar-refractivity contribution < 1.29 is 14.7 Å². The molecular weight excluding hydrogens is 256 g/mol. The Kier molecular flexibility index (Phi) is 6.03. The fourth-order valence-electron chi connectivity index (χ4n) is 1.79. The Morgan fingerprint density at radius 2 is 1.80 bits per heavy atom. The van der Waals surface area contributed by atoms with Crippen LogP contribution in [0.4, 0.5) is 4.79 Å². The first kappa shape index (κ1) is 16.0. The minimum atomic E-state index is -1.01. The lowest BCUT2D eigenvalue weighted by molar-refractivity contribution is -0.139. The van der Waals surface area contributed by atoms with Gasteiger partial charge in [0.15, 0.2) is 0 Å². The Morgan fingerprint density at radius 3 is 2.30 bits per heavy atom. The molecule has 20 heavy (non-hydrogen) atoms. The lowest BCUT2D eigenvalue weighted by Gasteiger charge is -2.17. The van der Waals surface area contributed by atoms with Gasteiger partial charge in [-0.1, -0.05) is 43.7 Å². The van der Waals surface area contributed by atoms with E-state index in [2.05, 4.69) is 10.6 Å². The zero-order valence-electron chi connectivity index (χ0n) is 12.1. The van der Waals surface area contributed by atoms with E-state index in [1.165, 1.54) is 0 Å². The molecule has 0 aliphatic heterocycles. The van der Waals surface area contributed by atoms with Gasteiger partial charge in [-0.25, -0.2) is 9.59 Å². The Balaban J connectivity index is 2.45. The molecule has 5 heteroatoms. The van der Waals surface area contributed by atoms with Crippen LogP contribution < -0.4 is 10.6 Å². The molecule has 0 fully saturated rings. The second-order valence-electron chi connectivity index (χ2n) is 5.33. The predicted octanol–water partition coefficient (Wildman–Crippen LogP) is 2.29. The van der Waals surface area contributed by atoms with Crippen molar-refractivity contribution >= 4 is 12.0 Å². The molecule has 0 radical (unpaired) electrons. The molecule has 0 bridgehead atoms. The summed E-state index contributed by atoms with van der Waals surface area (Å²) in [6, 6.07) is 6.48. The van der Waals surface area contributed by atoms with E-state index in [0.717, 1.165) is 11.1 Å². The van der Waals surface area contributed by atoms with Gasteiger partial charge in [-0.15, -0.1) is 0 Å². The number of amides is 2. The van der Waals surface area contributed by atoms with Crippen molar-refractivity contribution in [2.24, 2.45) is 5.92 Å². The summed E-state index contributed by atoms with van der Waals surface area (Å²) in [7, 11) is 0. The van der Waals surface area contributed by atoms with Crippen molar-refractivity contribution in [1.82, 2.24) is 10.6 Å². The van der Waals surface area contributed by atoms with E-state index in [1.807, 2.05) is 45.0 Å². The highest BCUT2D eigenvalue weighted by Crippen LogP contribution is 2.05. The molecule has 0 spiro atoms. The molecule has 1 aromatic carbocycles. The number of carboxylic acid groups (broad SMARTS) is 1. The summed E-state index contributed by atoms with van der Waals surface area (Å²) in [5.41, 5.74) is 2.13. The lowest BCUT2D eigenvalue weighted by Crippen LogP contribution is -2.46. The number of carboxylic acids is 1. The largest absolute Gasteiger partial charge is 0.480 e. The number of aryl methyl sites for hydroxylation is 1. The second-order valence-corrected chi connectivity index (χ2v) is 5.33. The van der Waals surface area contributed by atoms with Gasteiger partial charge in [-0.2, -0.15) is 0 Å². The molecule has 0 saturated carbocycles. The molecule has 2 amide bonds. The third-order valence-corrected chi connectivity index (χ3v) is 2.88. The van der Waals surface area contributed by atoms with Crippen molar-refractivity contribution in [2.75, 3.05) is 0 Å². The number of aliphatic carboxylic acids is 1. The van der Waals surface area contributed by atoms with E-state index in [9.17, 15) is 9.59 Å². The molecule has 0 aliphatic rings. The van der Waals surface area contributed by atoms with Gasteiger partial charge in [-0.05, 0) is 24.8 Å². The Morgan fingerprint density at radius 1 is 1.20 bits per heavy atom. The van der Waals surface area contributed by atoms with Crippen molar-refractivity contribution in [2.45, 2.75) is 39.8 Å². The van der Waals surface area contributed by atoms with Gasteiger partial charge in [0.2, 0.25) is 0 Å². The number of hydrogen-bond donors (Lipinski definition) is 3. The number of benzene rings is 1. The summed E-state index contributed by atoms with van der Waals surface area (Å²) in [6.45, 7) is 6.21. The minimum Gasteiger partial charge on any atom is -0.480 e. The van der Waals surface area contributed by atoms with Crippen molar-refractivity contribution in [3.8, 4) is 0 Å². The Hall–Kier alpha value is -2.04. The molecule has 1 aromatic rings. The maximum atomic E-state index is 11.7. The smallest absolute Gasteiger partial charge is 0.326 e. The van der Waals surface area contributed by atoms with Crippen molar-refractivity contribution in [3.05, 3.63) is 35.4 Å². The molecule has 0 heterocycles. The summed E-state index contributed by atoms with van der Waals surface area (Å²) < 4.78 is 0. The van der Waals surface area contributed by atoms with E-state index in [1.54, 1.807) is 0 Å². The Labute approximate surface area is 119 Å². The van der Waals surface area contributed by atoms with Crippen LogP contribution in [0.25, 0.3) is 0 Å². The normalized spacial score (nSPS) is 12.0. The molecular formula is C15H22N2O3. The van der Waals surface area contributed by atoms with Gasteiger partial charge in [0.25, 0.3) is 0 Å². The summed E-state index contributed by atoms with van der Waals surface area (Å²) >= 11 is 0. The van der Waals surface area contributed by atoms with Crippen LogP contribution in [0.3, 0.4) is 0 Å². The number of urea groups is 1. The van der Waals surface area contributed by atoms with Crippen LogP contribution in [0.1, 0.15) is 31.4 Å². The first-order valence-corrected chi connectivity index (χ1v) is 6.71. The van der Waals surface area contributed by atoms with E-state index < -0.39 is 18.0 Å². The molecule has 0 saturated heterocycles. The highest BCUT2D eigenvalue weighted by atomic mass is 16.4. The predicted molar refractivity (Wildman–Crippen MR) is 77.4 cm³/mol. The average Bonchev–Trinajstić information content (AvgIpc) is 2.36. The van der Waals surface area contributed by atoms with E-state index >= 15 is 0 Å². The Bertz CT molecular complexity index is 455. The summed E-state index contributed by atoms with van der Waals surface area (Å²) in [5, 5.41) is 14.2. The van der Waals surface area contributed by atoms with Gasteiger partial charge in [0.05, 0.1) is 0 Å². The zero-order valence-corrected chi connectivity index (χ0v) is 12.1. The highest BCUT2D eigenvalue weighted by molar-refractivity contribution is 5.82.